The normalized spacial score (nSPS) is 19.2. The number of hydrogen-bond donors (Lipinski definition) is 0. The monoisotopic (exact) mass is 181 g/mol. The maximum absolute atomic E-state index is 11.4. The SMILES string of the molecule is C/C=C/C(=O)N1CCCCCC1=O. The van der Waals surface area contributed by atoms with E-state index in [1.54, 1.807) is 13.0 Å². The molecule has 0 spiro atoms. The Morgan fingerprint density at radius 3 is 2.85 bits per heavy atom. The summed E-state index contributed by atoms with van der Waals surface area (Å²) in [7, 11) is 0. The molecule has 1 aliphatic heterocycles. The van der Waals surface area contributed by atoms with Crippen molar-refractivity contribution in [1.29, 1.82) is 0 Å². The minimum Gasteiger partial charge on any atom is -0.279 e. The number of allylic oxidation sites excluding steroid dienone is 1. The largest absolute Gasteiger partial charge is 0.279 e. The van der Waals surface area contributed by atoms with Crippen molar-refractivity contribution in [3.8, 4) is 0 Å². The van der Waals surface area contributed by atoms with Crippen LogP contribution in [0.15, 0.2) is 12.2 Å². The van der Waals surface area contributed by atoms with Crippen molar-refractivity contribution in [1.82, 2.24) is 4.90 Å². The fourth-order valence-corrected chi connectivity index (χ4v) is 1.45. The summed E-state index contributed by atoms with van der Waals surface area (Å²) in [6.07, 6.45) is 6.53. The van der Waals surface area contributed by atoms with Gasteiger partial charge in [0.2, 0.25) is 5.91 Å². The van der Waals surface area contributed by atoms with Crippen LogP contribution in [0.2, 0.25) is 0 Å². The van der Waals surface area contributed by atoms with Gasteiger partial charge in [-0.25, -0.2) is 0 Å². The van der Waals surface area contributed by atoms with Gasteiger partial charge in [0.25, 0.3) is 5.91 Å². The molecule has 0 saturated carbocycles. The van der Waals surface area contributed by atoms with Crippen LogP contribution in [-0.4, -0.2) is 23.3 Å². The Balaban J connectivity index is 2.64. The van der Waals surface area contributed by atoms with E-state index in [1.807, 2.05) is 0 Å². The van der Waals surface area contributed by atoms with Crippen LogP contribution >= 0.6 is 0 Å². The summed E-state index contributed by atoms with van der Waals surface area (Å²) in [6, 6.07) is 0. The average molecular weight is 181 g/mol. The van der Waals surface area contributed by atoms with Gasteiger partial charge in [-0.1, -0.05) is 12.5 Å². The van der Waals surface area contributed by atoms with E-state index >= 15 is 0 Å². The molecule has 2 amide bonds. The Morgan fingerprint density at radius 2 is 2.15 bits per heavy atom. The van der Waals surface area contributed by atoms with Gasteiger partial charge in [0, 0.05) is 13.0 Å². The molecule has 0 aromatic rings. The standard InChI is InChI=1S/C10H15NO2/c1-2-6-9(12)11-8-5-3-4-7-10(11)13/h2,6H,3-5,7-8H2,1H3/b6-2+. The first-order chi connectivity index (χ1) is 6.25. The van der Waals surface area contributed by atoms with Gasteiger partial charge in [0.1, 0.15) is 0 Å². The van der Waals surface area contributed by atoms with E-state index in [2.05, 4.69) is 0 Å². The van der Waals surface area contributed by atoms with Crippen LogP contribution in [0.4, 0.5) is 0 Å². The molecule has 13 heavy (non-hydrogen) atoms. The molecule has 1 rings (SSSR count). The number of hydrogen-bond acceptors (Lipinski definition) is 2. The van der Waals surface area contributed by atoms with Crippen molar-refractivity contribution in [2.45, 2.75) is 32.6 Å². The van der Waals surface area contributed by atoms with E-state index in [1.165, 1.54) is 11.0 Å². The number of likely N-dealkylation sites (tertiary alicyclic amines) is 1. The predicted molar refractivity (Wildman–Crippen MR) is 50.0 cm³/mol. The second kappa shape index (κ2) is 4.80. The van der Waals surface area contributed by atoms with E-state index in [4.69, 9.17) is 0 Å². The lowest BCUT2D eigenvalue weighted by molar-refractivity contribution is -0.141. The second-order valence-corrected chi connectivity index (χ2v) is 3.19. The van der Waals surface area contributed by atoms with Gasteiger partial charge in [-0.05, 0) is 25.8 Å². The maximum atomic E-state index is 11.4. The fraction of sp³-hybridized carbons (Fsp3) is 0.600. The molecule has 0 N–H and O–H groups in total. The van der Waals surface area contributed by atoms with Gasteiger partial charge in [-0.15, -0.1) is 0 Å². The molecule has 0 bridgehead atoms. The van der Waals surface area contributed by atoms with Gasteiger partial charge in [-0.2, -0.15) is 0 Å². The number of imide groups is 1. The van der Waals surface area contributed by atoms with E-state index in [0.29, 0.717) is 13.0 Å². The molecule has 0 radical (unpaired) electrons. The van der Waals surface area contributed by atoms with E-state index in [0.717, 1.165) is 19.3 Å². The highest BCUT2D eigenvalue weighted by Gasteiger charge is 2.20. The first-order valence-electron chi connectivity index (χ1n) is 4.72. The average Bonchev–Trinajstić information content (AvgIpc) is 2.30. The van der Waals surface area contributed by atoms with Crippen molar-refractivity contribution < 1.29 is 9.59 Å². The number of rotatable bonds is 1. The highest BCUT2D eigenvalue weighted by atomic mass is 16.2. The smallest absolute Gasteiger partial charge is 0.252 e. The van der Waals surface area contributed by atoms with Crippen molar-refractivity contribution in [3.63, 3.8) is 0 Å². The van der Waals surface area contributed by atoms with Gasteiger partial charge < -0.3 is 0 Å². The van der Waals surface area contributed by atoms with Crippen LogP contribution in [0.5, 0.6) is 0 Å². The molecule has 0 unspecified atom stereocenters. The Kier molecular flexibility index (Phi) is 3.68. The van der Waals surface area contributed by atoms with Gasteiger partial charge >= 0.3 is 0 Å². The van der Waals surface area contributed by atoms with Crippen LogP contribution in [-0.2, 0) is 9.59 Å². The molecule has 0 aromatic heterocycles. The van der Waals surface area contributed by atoms with Crippen molar-refractivity contribution in [2.75, 3.05) is 6.54 Å². The highest BCUT2D eigenvalue weighted by Crippen LogP contribution is 2.11. The van der Waals surface area contributed by atoms with E-state index in [9.17, 15) is 9.59 Å². The lowest BCUT2D eigenvalue weighted by atomic mass is 10.2. The van der Waals surface area contributed by atoms with Crippen LogP contribution in [0.1, 0.15) is 32.6 Å². The third-order valence-corrected chi connectivity index (χ3v) is 2.15. The quantitative estimate of drug-likeness (QED) is 0.575. The Bertz CT molecular complexity index is 233. The summed E-state index contributed by atoms with van der Waals surface area (Å²) in [5, 5.41) is 0. The lowest BCUT2D eigenvalue weighted by Crippen LogP contribution is -2.35. The molecular weight excluding hydrogens is 166 g/mol. The fourth-order valence-electron chi connectivity index (χ4n) is 1.45. The number of nitrogens with zero attached hydrogens (tertiary/aromatic N) is 1. The molecule has 72 valence electrons. The van der Waals surface area contributed by atoms with Crippen LogP contribution in [0, 0.1) is 0 Å². The molecular formula is C10H15NO2. The van der Waals surface area contributed by atoms with Crippen LogP contribution in [0.3, 0.4) is 0 Å². The summed E-state index contributed by atoms with van der Waals surface area (Å²) >= 11 is 0. The molecule has 0 aliphatic carbocycles. The summed E-state index contributed by atoms with van der Waals surface area (Å²) < 4.78 is 0. The molecule has 0 atom stereocenters. The molecule has 0 aromatic carbocycles. The third-order valence-electron chi connectivity index (χ3n) is 2.15. The Morgan fingerprint density at radius 1 is 1.38 bits per heavy atom. The minimum atomic E-state index is -0.172. The van der Waals surface area contributed by atoms with Crippen LogP contribution in [0.25, 0.3) is 0 Å². The third kappa shape index (κ3) is 2.68. The molecule has 1 heterocycles. The molecule has 1 aliphatic rings. The van der Waals surface area contributed by atoms with Gasteiger partial charge in [-0.3, -0.25) is 14.5 Å². The van der Waals surface area contributed by atoms with Crippen LogP contribution < -0.4 is 0 Å². The number of amides is 2. The van der Waals surface area contributed by atoms with Crippen molar-refractivity contribution >= 4 is 11.8 Å². The van der Waals surface area contributed by atoms with Gasteiger partial charge in [0.15, 0.2) is 0 Å². The molecule has 1 fully saturated rings. The first-order valence-corrected chi connectivity index (χ1v) is 4.72. The molecule has 3 nitrogen and oxygen atoms in total. The molecule has 1 saturated heterocycles. The summed E-state index contributed by atoms with van der Waals surface area (Å²) in [4.78, 5) is 24.1. The second-order valence-electron chi connectivity index (χ2n) is 3.19. The summed E-state index contributed by atoms with van der Waals surface area (Å²) in [5.74, 6) is -0.199. The zero-order chi connectivity index (χ0) is 9.68. The zero-order valence-corrected chi connectivity index (χ0v) is 7.95. The molecule has 3 heteroatoms. The predicted octanol–water partition coefficient (Wildman–Crippen LogP) is 1.49. The topological polar surface area (TPSA) is 37.4 Å². The van der Waals surface area contributed by atoms with E-state index < -0.39 is 0 Å². The zero-order valence-electron chi connectivity index (χ0n) is 7.95. The van der Waals surface area contributed by atoms with Crippen molar-refractivity contribution in [2.24, 2.45) is 0 Å². The summed E-state index contributed by atoms with van der Waals surface area (Å²) in [6.45, 7) is 2.36. The highest BCUT2D eigenvalue weighted by molar-refractivity contribution is 6.00. The Labute approximate surface area is 78.4 Å². The van der Waals surface area contributed by atoms with Crippen molar-refractivity contribution in [3.05, 3.63) is 12.2 Å². The Hall–Kier alpha value is -1.12. The summed E-state index contributed by atoms with van der Waals surface area (Å²) in [5.41, 5.74) is 0. The minimum absolute atomic E-state index is 0.0272. The maximum Gasteiger partial charge on any atom is 0.252 e. The lowest BCUT2D eigenvalue weighted by Gasteiger charge is -2.15. The van der Waals surface area contributed by atoms with Gasteiger partial charge in [0.05, 0.1) is 0 Å². The number of carbonyl (C=O) groups excluding carboxylic acids is 2. The van der Waals surface area contributed by atoms with E-state index in [-0.39, 0.29) is 11.8 Å². The number of carbonyl (C=O) groups is 2. The first kappa shape index (κ1) is 9.96.